The standard InChI is InChI=1S/C17H28N2O2/c1-14(2)8-6-4-5-7-11-18-13-16-10-9-15(12-19-16)17(20)21-3/h9-10,12,14,18H,4-8,11,13H2,1-3H3. The molecule has 1 aromatic heterocycles. The van der Waals surface area contributed by atoms with Crippen molar-refractivity contribution in [1.82, 2.24) is 10.3 Å². The monoisotopic (exact) mass is 292 g/mol. The zero-order chi connectivity index (χ0) is 15.5. The van der Waals surface area contributed by atoms with Gasteiger partial charge in [-0.2, -0.15) is 0 Å². The van der Waals surface area contributed by atoms with E-state index in [0.717, 1.165) is 24.7 Å². The van der Waals surface area contributed by atoms with Crippen LogP contribution < -0.4 is 5.32 Å². The summed E-state index contributed by atoms with van der Waals surface area (Å²) in [5, 5.41) is 3.39. The van der Waals surface area contributed by atoms with E-state index >= 15 is 0 Å². The Balaban J connectivity index is 2.09. The summed E-state index contributed by atoms with van der Waals surface area (Å²) in [5.41, 5.74) is 1.44. The number of pyridine rings is 1. The van der Waals surface area contributed by atoms with Crippen LogP contribution in [0.5, 0.6) is 0 Å². The lowest BCUT2D eigenvalue weighted by Crippen LogP contribution is -2.15. The van der Waals surface area contributed by atoms with Crippen LogP contribution in [0.25, 0.3) is 0 Å². The summed E-state index contributed by atoms with van der Waals surface area (Å²) in [6.07, 6.45) is 8.06. The highest BCUT2D eigenvalue weighted by molar-refractivity contribution is 5.88. The predicted octanol–water partition coefficient (Wildman–Crippen LogP) is 3.56. The highest BCUT2D eigenvalue weighted by atomic mass is 16.5. The van der Waals surface area contributed by atoms with Gasteiger partial charge in [0.1, 0.15) is 0 Å². The maximum atomic E-state index is 11.3. The van der Waals surface area contributed by atoms with Crippen molar-refractivity contribution in [3.63, 3.8) is 0 Å². The van der Waals surface area contributed by atoms with Gasteiger partial charge in [0.2, 0.25) is 0 Å². The Morgan fingerprint density at radius 2 is 2.00 bits per heavy atom. The highest BCUT2D eigenvalue weighted by Gasteiger charge is 2.04. The first-order valence-electron chi connectivity index (χ1n) is 7.87. The summed E-state index contributed by atoms with van der Waals surface area (Å²) < 4.78 is 4.64. The summed E-state index contributed by atoms with van der Waals surface area (Å²) in [7, 11) is 1.37. The molecule has 1 rings (SSSR count). The third-order valence-electron chi connectivity index (χ3n) is 3.44. The van der Waals surface area contributed by atoms with Crippen LogP contribution in [0.1, 0.15) is 62.0 Å². The largest absolute Gasteiger partial charge is 0.465 e. The van der Waals surface area contributed by atoms with E-state index in [1.807, 2.05) is 6.07 Å². The third-order valence-corrected chi connectivity index (χ3v) is 3.44. The Morgan fingerprint density at radius 1 is 1.24 bits per heavy atom. The van der Waals surface area contributed by atoms with E-state index in [2.05, 4.69) is 28.9 Å². The molecule has 0 bridgehead atoms. The van der Waals surface area contributed by atoms with Crippen LogP contribution in [0, 0.1) is 5.92 Å². The molecule has 21 heavy (non-hydrogen) atoms. The molecule has 0 radical (unpaired) electrons. The highest BCUT2D eigenvalue weighted by Crippen LogP contribution is 2.09. The Morgan fingerprint density at radius 3 is 2.62 bits per heavy atom. The molecule has 4 nitrogen and oxygen atoms in total. The number of ether oxygens (including phenoxy) is 1. The maximum absolute atomic E-state index is 11.3. The molecule has 0 atom stereocenters. The van der Waals surface area contributed by atoms with Crippen LogP contribution >= 0.6 is 0 Å². The van der Waals surface area contributed by atoms with Gasteiger partial charge in [0.05, 0.1) is 18.4 Å². The van der Waals surface area contributed by atoms with Gasteiger partial charge in [0.15, 0.2) is 0 Å². The maximum Gasteiger partial charge on any atom is 0.339 e. The van der Waals surface area contributed by atoms with Crippen LogP contribution in [0.3, 0.4) is 0 Å². The number of esters is 1. The van der Waals surface area contributed by atoms with Crippen molar-refractivity contribution in [2.75, 3.05) is 13.7 Å². The summed E-state index contributed by atoms with van der Waals surface area (Å²) in [6.45, 7) is 6.32. The van der Waals surface area contributed by atoms with E-state index in [1.54, 1.807) is 12.3 Å². The molecule has 0 aliphatic rings. The lowest BCUT2D eigenvalue weighted by Gasteiger charge is -2.06. The minimum atomic E-state index is -0.344. The van der Waals surface area contributed by atoms with E-state index in [1.165, 1.54) is 39.2 Å². The minimum Gasteiger partial charge on any atom is -0.465 e. The summed E-state index contributed by atoms with van der Waals surface area (Å²) in [6, 6.07) is 3.61. The number of aromatic nitrogens is 1. The van der Waals surface area contributed by atoms with Crippen LogP contribution in [-0.4, -0.2) is 24.6 Å². The number of unbranched alkanes of at least 4 members (excludes halogenated alkanes) is 3. The predicted molar refractivity (Wildman–Crippen MR) is 85.2 cm³/mol. The first-order valence-corrected chi connectivity index (χ1v) is 7.87. The van der Waals surface area contributed by atoms with Crippen LogP contribution in [-0.2, 0) is 11.3 Å². The van der Waals surface area contributed by atoms with E-state index in [4.69, 9.17) is 0 Å². The molecule has 4 heteroatoms. The zero-order valence-corrected chi connectivity index (χ0v) is 13.5. The molecular formula is C17H28N2O2. The Labute approximate surface area is 128 Å². The number of hydrogen-bond acceptors (Lipinski definition) is 4. The van der Waals surface area contributed by atoms with Crippen LogP contribution in [0.2, 0.25) is 0 Å². The summed E-state index contributed by atoms with van der Waals surface area (Å²) in [5.74, 6) is 0.477. The number of methoxy groups -OCH3 is 1. The van der Waals surface area contributed by atoms with Crippen molar-refractivity contribution in [3.05, 3.63) is 29.6 Å². The molecule has 0 aromatic carbocycles. The normalized spacial score (nSPS) is 10.9. The van der Waals surface area contributed by atoms with E-state index in [9.17, 15) is 4.79 Å². The van der Waals surface area contributed by atoms with E-state index in [0.29, 0.717) is 5.56 Å². The second kappa shape index (κ2) is 10.3. The van der Waals surface area contributed by atoms with Gasteiger partial charge in [0, 0.05) is 12.7 Å². The summed E-state index contributed by atoms with van der Waals surface area (Å²) >= 11 is 0. The molecule has 118 valence electrons. The van der Waals surface area contributed by atoms with Crippen molar-refractivity contribution < 1.29 is 9.53 Å². The molecule has 0 saturated heterocycles. The number of carbonyl (C=O) groups is 1. The van der Waals surface area contributed by atoms with Gasteiger partial charge in [-0.05, 0) is 31.0 Å². The topological polar surface area (TPSA) is 51.2 Å². The molecule has 0 unspecified atom stereocenters. The number of rotatable bonds is 10. The number of nitrogens with one attached hydrogen (secondary N) is 1. The van der Waals surface area contributed by atoms with Gasteiger partial charge in [-0.3, -0.25) is 4.98 Å². The molecule has 1 heterocycles. The molecule has 1 N–H and O–H groups in total. The number of hydrogen-bond donors (Lipinski definition) is 1. The lowest BCUT2D eigenvalue weighted by atomic mass is 10.0. The molecule has 0 fully saturated rings. The molecule has 0 amide bonds. The van der Waals surface area contributed by atoms with Gasteiger partial charge in [-0.25, -0.2) is 4.79 Å². The Hall–Kier alpha value is -1.42. The molecule has 1 aromatic rings. The fraction of sp³-hybridized carbons (Fsp3) is 0.647. The van der Waals surface area contributed by atoms with Crippen molar-refractivity contribution >= 4 is 5.97 Å². The number of nitrogens with zero attached hydrogens (tertiary/aromatic N) is 1. The van der Waals surface area contributed by atoms with E-state index < -0.39 is 0 Å². The molecule has 0 aliphatic heterocycles. The first-order chi connectivity index (χ1) is 10.1. The SMILES string of the molecule is COC(=O)c1ccc(CNCCCCCCC(C)C)nc1. The minimum absolute atomic E-state index is 0.344. The Kier molecular flexibility index (Phi) is 8.67. The van der Waals surface area contributed by atoms with E-state index in [-0.39, 0.29) is 5.97 Å². The molecular weight excluding hydrogens is 264 g/mol. The first kappa shape index (κ1) is 17.6. The van der Waals surface area contributed by atoms with Crippen molar-refractivity contribution in [2.45, 2.75) is 52.5 Å². The quantitative estimate of drug-likeness (QED) is 0.529. The molecule has 0 aliphatic carbocycles. The van der Waals surface area contributed by atoms with Gasteiger partial charge >= 0.3 is 5.97 Å². The average molecular weight is 292 g/mol. The second-order valence-corrected chi connectivity index (χ2v) is 5.80. The van der Waals surface area contributed by atoms with Gasteiger partial charge < -0.3 is 10.1 Å². The van der Waals surface area contributed by atoms with Crippen LogP contribution in [0.4, 0.5) is 0 Å². The summed E-state index contributed by atoms with van der Waals surface area (Å²) in [4.78, 5) is 15.5. The molecule has 0 spiro atoms. The van der Waals surface area contributed by atoms with Crippen molar-refractivity contribution in [3.8, 4) is 0 Å². The van der Waals surface area contributed by atoms with Crippen molar-refractivity contribution in [1.29, 1.82) is 0 Å². The van der Waals surface area contributed by atoms with Gasteiger partial charge in [-0.15, -0.1) is 0 Å². The Bertz CT molecular complexity index is 402. The second-order valence-electron chi connectivity index (χ2n) is 5.80. The third kappa shape index (κ3) is 7.81. The van der Waals surface area contributed by atoms with Gasteiger partial charge in [0.25, 0.3) is 0 Å². The zero-order valence-electron chi connectivity index (χ0n) is 13.5. The number of carbonyl (C=O) groups excluding carboxylic acids is 1. The smallest absolute Gasteiger partial charge is 0.339 e. The fourth-order valence-electron chi connectivity index (χ4n) is 2.14. The van der Waals surface area contributed by atoms with Gasteiger partial charge in [-0.1, -0.05) is 39.5 Å². The van der Waals surface area contributed by atoms with Crippen LogP contribution in [0.15, 0.2) is 18.3 Å². The average Bonchev–Trinajstić information content (AvgIpc) is 2.49. The molecule has 0 saturated carbocycles. The lowest BCUT2D eigenvalue weighted by molar-refractivity contribution is 0.0600. The fourth-order valence-corrected chi connectivity index (χ4v) is 2.14. The van der Waals surface area contributed by atoms with Crippen molar-refractivity contribution in [2.24, 2.45) is 5.92 Å².